The summed E-state index contributed by atoms with van der Waals surface area (Å²) in [6.45, 7) is 2.94. The van der Waals surface area contributed by atoms with Gasteiger partial charge in [-0.1, -0.05) is 84.0 Å². The SMILES string of the molecule is CCCCCCCCCCCCCCC(OC)C(OC)C(COC)N(C)C. The van der Waals surface area contributed by atoms with Crippen LogP contribution in [0.1, 0.15) is 90.4 Å². The van der Waals surface area contributed by atoms with Crippen LogP contribution in [0.3, 0.4) is 0 Å². The maximum absolute atomic E-state index is 5.79. The molecule has 0 aliphatic carbocycles. The monoisotopic (exact) mass is 387 g/mol. The van der Waals surface area contributed by atoms with Crippen LogP contribution in [0.25, 0.3) is 0 Å². The first-order valence-electron chi connectivity index (χ1n) is 11.3. The fourth-order valence-corrected chi connectivity index (χ4v) is 3.87. The van der Waals surface area contributed by atoms with Crippen LogP contribution in [0.4, 0.5) is 0 Å². The maximum atomic E-state index is 5.79. The smallest absolute Gasteiger partial charge is 0.101 e. The number of nitrogens with zero attached hydrogens (tertiary/aromatic N) is 1. The summed E-state index contributed by atoms with van der Waals surface area (Å²) in [5.41, 5.74) is 0. The van der Waals surface area contributed by atoms with E-state index in [0.717, 1.165) is 6.42 Å². The van der Waals surface area contributed by atoms with Gasteiger partial charge in [-0.3, -0.25) is 0 Å². The van der Waals surface area contributed by atoms with Crippen molar-refractivity contribution in [2.24, 2.45) is 0 Å². The minimum absolute atomic E-state index is 0.0395. The molecule has 4 nitrogen and oxygen atoms in total. The van der Waals surface area contributed by atoms with Gasteiger partial charge in [0.2, 0.25) is 0 Å². The molecular weight excluding hydrogens is 338 g/mol. The van der Waals surface area contributed by atoms with Crippen LogP contribution in [-0.2, 0) is 14.2 Å². The second-order valence-corrected chi connectivity index (χ2v) is 8.14. The van der Waals surface area contributed by atoms with E-state index in [-0.39, 0.29) is 18.2 Å². The second kappa shape index (κ2) is 19.2. The molecule has 27 heavy (non-hydrogen) atoms. The Kier molecular flexibility index (Phi) is 19.1. The van der Waals surface area contributed by atoms with Crippen LogP contribution >= 0.6 is 0 Å². The van der Waals surface area contributed by atoms with Crippen molar-refractivity contribution in [3.63, 3.8) is 0 Å². The molecule has 0 radical (unpaired) electrons. The van der Waals surface area contributed by atoms with Crippen molar-refractivity contribution >= 4 is 0 Å². The number of unbranched alkanes of at least 4 members (excludes halogenated alkanes) is 11. The minimum Gasteiger partial charge on any atom is -0.383 e. The molecule has 164 valence electrons. The molecule has 0 aliphatic heterocycles. The Hall–Kier alpha value is -0.160. The molecule has 0 N–H and O–H groups in total. The molecule has 4 heteroatoms. The van der Waals surface area contributed by atoms with E-state index in [1.165, 1.54) is 77.0 Å². The first kappa shape index (κ1) is 26.8. The summed E-state index contributed by atoms with van der Waals surface area (Å²) in [7, 11) is 9.48. The van der Waals surface area contributed by atoms with Crippen molar-refractivity contribution in [1.29, 1.82) is 0 Å². The van der Waals surface area contributed by atoms with Crippen LogP contribution in [-0.4, -0.2) is 65.2 Å². The molecule has 3 unspecified atom stereocenters. The van der Waals surface area contributed by atoms with Crippen LogP contribution in [0, 0.1) is 0 Å². The predicted octanol–water partition coefficient (Wildman–Crippen LogP) is 5.68. The number of hydrogen-bond donors (Lipinski definition) is 0. The largest absolute Gasteiger partial charge is 0.383 e. The fourth-order valence-electron chi connectivity index (χ4n) is 3.87. The molecule has 0 spiro atoms. The summed E-state index contributed by atoms with van der Waals surface area (Å²) >= 11 is 0. The van der Waals surface area contributed by atoms with Gasteiger partial charge in [0.1, 0.15) is 6.10 Å². The van der Waals surface area contributed by atoms with Crippen molar-refractivity contribution in [3.05, 3.63) is 0 Å². The second-order valence-electron chi connectivity index (χ2n) is 8.14. The zero-order valence-electron chi connectivity index (χ0n) is 19.3. The average Bonchev–Trinajstić information content (AvgIpc) is 2.66. The zero-order valence-corrected chi connectivity index (χ0v) is 19.3. The van der Waals surface area contributed by atoms with Crippen LogP contribution in [0.15, 0.2) is 0 Å². The number of methoxy groups -OCH3 is 3. The van der Waals surface area contributed by atoms with E-state index in [1.807, 2.05) is 0 Å². The predicted molar refractivity (Wildman–Crippen MR) is 117 cm³/mol. The molecule has 0 fully saturated rings. The van der Waals surface area contributed by atoms with Gasteiger partial charge in [-0.2, -0.15) is 0 Å². The number of rotatable bonds is 20. The molecule has 0 amide bonds. The normalized spacial score (nSPS) is 15.2. The zero-order chi connectivity index (χ0) is 20.3. The lowest BCUT2D eigenvalue weighted by Gasteiger charge is -2.35. The van der Waals surface area contributed by atoms with Crippen LogP contribution < -0.4 is 0 Å². The van der Waals surface area contributed by atoms with Gasteiger partial charge in [-0.15, -0.1) is 0 Å². The van der Waals surface area contributed by atoms with Crippen LogP contribution in [0.2, 0.25) is 0 Å². The molecule has 0 aliphatic rings. The highest BCUT2D eigenvalue weighted by Crippen LogP contribution is 2.19. The van der Waals surface area contributed by atoms with Crippen molar-refractivity contribution < 1.29 is 14.2 Å². The summed E-state index contributed by atoms with van der Waals surface area (Å²) in [6.07, 6.45) is 17.7. The number of ether oxygens (including phenoxy) is 3. The highest BCUT2D eigenvalue weighted by atomic mass is 16.5. The topological polar surface area (TPSA) is 30.9 Å². The molecule has 0 rings (SSSR count). The van der Waals surface area contributed by atoms with E-state index in [0.29, 0.717) is 6.61 Å². The lowest BCUT2D eigenvalue weighted by Crippen LogP contribution is -2.49. The third-order valence-corrected chi connectivity index (χ3v) is 5.66. The van der Waals surface area contributed by atoms with Crippen molar-refractivity contribution in [1.82, 2.24) is 4.90 Å². The highest BCUT2D eigenvalue weighted by Gasteiger charge is 2.31. The Morgan fingerprint density at radius 2 is 1.15 bits per heavy atom. The maximum Gasteiger partial charge on any atom is 0.101 e. The van der Waals surface area contributed by atoms with E-state index in [9.17, 15) is 0 Å². The third kappa shape index (κ3) is 13.6. The third-order valence-electron chi connectivity index (χ3n) is 5.66. The molecule has 0 aromatic carbocycles. The molecule has 0 aromatic rings. The van der Waals surface area contributed by atoms with Gasteiger partial charge in [0.05, 0.1) is 18.8 Å². The van der Waals surface area contributed by atoms with Crippen molar-refractivity contribution in [2.45, 2.75) is 109 Å². The Morgan fingerprint density at radius 3 is 1.52 bits per heavy atom. The fraction of sp³-hybridized carbons (Fsp3) is 1.00. The molecule has 3 atom stereocenters. The van der Waals surface area contributed by atoms with Crippen LogP contribution in [0.5, 0.6) is 0 Å². The minimum atomic E-state index is 0.0395. The summed E-state index contributed by atoms with van der Waals surface area (Å²) in [5, 5.41) is 0. The van der Waals surface area contributed by atoms with Gasteiger partial charge >= 0.3 is 0 Å². The van der Waals surface area contributed by atoms with Crippen molar-refractivity contribution in [3.8, 4) is 0 Å². The molecule has 0 saturated carbocycles. The van der Waals surface area contributed by atoms with E-state index in [4.69, 9.17) is 14.2 Å². The molecule has 0 heterocycles. The summed E-state index contributed by atoms with van der Waals surface area (Å²) in [5.74, 6) is 0. The average molecular weight is 388 g/mol. The first-order valence-corrected chi connectivity index (χ1v) is 11.3. The Bertz CT molecular complexity index is 299. The molecule has 0 bridgehead atoms. The van der Waals surface area contributed by atoms with Gasteiger partial charge < -0.3 is 19.1 Å². The van der Waals surface area contributed by atoms with E-state index >= 15 is 0 Å². The summed E-state index contributed by atoms with van der Waals surface area (Å²) in [6, 6.07) is 0.210. The Labute approximate surface area is 170 Å². The lowest BCUT2D eigenvalue weighted by molar-refractivity contribution is -0.0880. The van der Waals surface area contributed by atoms with Gasteiger partial charge in [-0.25, -0.2) is 0 Å². The standard InChI is InChI=1S/C23H49NO3/c1-7-8-9-10-11-12-13-14-15-16-17-18-19-22(26-5)23(27-6)21(20-25-4)24(2)3/h21-23H,7-20H2,1-6H3. The van der Waals surface area contributed by atoms with E-state index in [1.54, 1.807) is 21.3 Å². The molecule has 0 saturated heterocycles. The molecule has 0 aromatic heterocycles. The van der Waals surface area contributed by atoms with E-state index < -0.39 is 0 Å². The van der Waals surface area contributed by atoms with E-state index in [2.05, 4.69) is 25.9 Å². The van der Waals surface area contributed by atoms with Gasteiger partial charge in [0.25, 0.3) is 0 Å². The Morgan fingerprint density at radius 1 is 0.667 bits per heavy atom. The molecular formula is C23H49NO3. The Balaban J connectivity index is 3.86. The van der Waals surface area contributed by atoms with Crippen molar-refractivity contribution in [2.75, 3.05) is 42.0 Å². The van der Waals surface area contributed by atoms with Gasteiger partial charge in [0.15, 0.2) is 0 Å². The van der Waals surface area contributed by atoms with Gasteiger partial charge in [-0.05, 0) is 20.5 Å². The number of hydrogen-bond acceptors (Lipinski definition) is 4. The summed E-state index contributed by atoms with van der Waals surface area (Å²) in [4.78, 5) is 2.17. The summed E-state index contributed by atoms with van der Waals surface area (Å²) < 4.78 is 16.9. The van der Waals surface area contributed by atoms with Gasteiger partial charge in [0, 0.05) is 21.3 Å². The quantitative estimate of drug-likeness (QED) is 0.251. The first-order chi connectivity index (χ1) is 13.1. The highest BCUT2D eigenvalue weighted by molar-refractivity contribution is 4.83. The number of likely N-dealkylation sites (N-methyl/N-ethyl adjacent to an activating group) is 1. The lowest BCUT2D eigenvalue weighted by atomic mass is 9.98.